The molecule has 19 heavy (non-hydrogen) atoms. The Kier molecular flexibility index (Phi) is 5.38. The van der Waals surface area contributed by atoms with Gasteiger partial charge in [-0.15, -0.1) is 0 Å². The standard InChI is InChI=1S/C14H24N2O2S/c1-6-15-10-13(4)19(17,18)16(5)14-8-11(2)7-12(3)9-14/h7-9,13,15H,6,10H2,1-5H3. The number of hydrogen-bond acceptors (Lipinski definition) is 3. The first-order chi connectivity index (χ1) is 8.78. The molecule has 1 unspecified atom stereocenters. The number of rotatable bonds is 6. The molecule has 1 N–H and O–H groups in total. The van der Waals surface area contributed by atoms with Gasteiger partial charge < -0.3 is 5.32 Å². The SMILES string of the molecule is CCNCC(C)S(=O)(=O)N(C)c1cc(C)cc(C)c1. The van der Waals surface area contributed by atoms with Crippen LogP contribution in [0, 0.1) is 13.8 Å². The van der Waals surface area contributed by atoms with Crippen LogP contribution in [0.15, 0.2) is 18.2 Å². The summed E-state index contributed by atoms with van der Waals surface area (Å²) < 4.78 is 26.3. The van der Waals surface area contributed by atoms with Gasteiger partial charge in [-0.3, -0.25) is 4.31 Å². The molecule has 0 aliphatic rings. The van der Waals surface area contributed by atoms with Gasteiger partial charge >= 0.3 is 0 Å². The molecule has 1 aromatic rings. The van der Waals surface area contributed by atoms with Crippen molar-refractivity contribution in [3.8, 4) is 0 Å². The van der Waals surface area contributed by atoms with Gasteiger partial charge in [-0.25, -0.2) is 8.42 Å². The predicted octanol–water partition coefficient (Wildman–Crippen LogP) is 2.07. The average Bonchev–Trinajstić information content (AvgIpc) is 2.33. The van der Waals surface area contributed by atoms with Crippen LogP contribution in [-0.4, -0.2) is 33.8 Å². The van der Waals surface area contributed by atoms with Crippen LogP contribution in [0.4, 0.5) is 5.69 Å². The number of hydrogen-bond donors (Lipinski definition) is 1. The Morgan fingerprint density at radius 3 is 2.21 bits per heavy atom. The van der Waals surface area contributed by atoms with E-state index in [1.165, 1.54) is 4.31 Å². The average molecular weight is 284 g/mol. The van der Waals surface area contributed by atoms with Crippen LogP contribution >= 0.6 is 0 Å². The number of aryl methyl sites for hydroxylation is 2. The molecular formula is C14H24N2O2S. The molecule has 0 saturated heterocycles. The summed E-state index contributed by atoms with van der Waals surface area (Å²) >= 11 is 0. The lowest BCUT2D eigenvalue weighted by Gasteiger charge is -2.24. The molecule has 0 aliphatic heterocycles. The smallest absolute Gasteiger partial charge is 0.238 e. The van der Waals surface area contributed by atoms with Gasteiger partial charge in [0.05, 0.1) is 10.9 Å². The molecule has 5 heteroatoms. The van der Waals surface area contributed by atoms with E-state index in [4.69, 9.17) is 0 Å². The maximum atomic E-state index is 12.4. The molecule has 0 spiro atoms. The lowest BCUT2D eigenvalue weighted by Crippen LogP contribution is -2.40. The number of nitrogens with one attached hydrogen (secondary N) is 1. The minimum absolute atomic E-state index is 0.446. The van der Waals surface area contributed by atoms with Gasteiger partial charge in [0.15, 0.2) is 0 Å². The molecule has 0 aliphatic carbocycles. The summed E-state index contributed by atoms with van der Waals surface area (Å²) in [6.07, 6.45) is 0. The van der Waals surface area contributed by atoms with Gasteiger partial charge in [0.2, 0.25) is 10.0 Å². The van der Waals surface area contributed by atoms with Crippen molar-refractivity contribution in [3.05, 3.63) is 29.3 Å². The molecule has 0 saturated carbocycles. The molecule has 1 rings (SSSR count). The Bertz CT molecular complexity index is 506. The van der Waals surface area contributed by atoms with Crippen molar-refractivity contribution in [3.63, 3.8) is 0 Å². The third-order valence-electron chi connectivity index (χ3n) is 3.14. The minimum atomic E-state index is -3.33. The second kappa shape index (κ2) is 6.39. The molecular weight excluding hydrogens is 260 g/mol. The summed E-state index contributed by atoms with van der Waals surface area (Å²) in [7, 11) is -1.71. The molecule has 0 aromatic heterocycles. The zero-order valence-electron chi connectivity index (χ0n) is 12.4. The normalized spacial score (nSPS) is 13.3. The van der Waals surface area contributed by atoms with Crippen LogP contribution in [-0.2, 0) is 10.0 Å². The van der Waals surface area contributed by atoms with E-state index in [1.54, 1.807) is 14.0 Å². The Balaban J connectivity index is 3.00. The van der Waals surface area contributed by atoms with Crippen LogP contribution < -0.4 is 9.62 Å². The van der Waals surface area contributed by atoms with Crippen molar-refractivity contribution in [2.45, 2.75) is 32.9 Å². The van der Waals surface area contributed by atoms with Crippen molar-refractivity contribution in [2.75, 3.05) is 24.4 Å². The molecule has 0 radical (unpaired) electrons. The Morgan fingerprint density at radius 2 is 1.74 bits per heavy atom. The van der Waals surface area contributed by atoms with Crippen molar-refractivity contribution >= 4 is 15.7 Å². The third kappa shape index (κ3) is 3.94. The number of sulfonamides is 1. The molecule has 0 fully saturated rings. The summed E-state index contributed by atoms with van der Waals surface area (Å²) in [5, 5.41) is 2.63. The summed E-state index contributed by atoms with van der Waals surface area (Å²) in [5.41, 5.74) is 2.86. The molecule has 0 amide bonds. The molecule has 108 valence electrons. The Labute approximate surface area is 116 Å². The van der Waals surface area contributed by atoms with Crippen LogP contribution in [0.2, 0.25) is 0 Å². The second-order valence-electron chi connectivity index (χ2n) is 4.98. The molecule has 1 atom stereocenters. The first-order valence-corrected chi connectivity index (χ1v) is 8.06. The van der Waals surface area contributed by atoms with Gasteiger partial charge in [-0.1, -0.05) is 13.0 Å². The van der Waals surface area contributed by atoms with Crippen molar-refractivity contribution in [1.82, 2.24) is 5.32 Å². The highest BCUT2D eigenvalue weighted by atomic mass is 32.2. The van der Waals surface area contributed by atoms with Gasteiger partial charge in [0.1, 0.15) is 0 Å². The largest absolute Gasteiger partial charge is 0.316 e. The fourth-order valence-corrected chi connectivity index (χ4v) is 3.27. The van der Waals surface area contributed by atoms with E-state index in [1.807, 2.05) is 39.0 Å². The number of anilines is 1. The van der Waals surface area contributed by atoms with Gasteiger partial charge in [0.25, 0.3) is 0 Å². The Hall–Kier alpha value is -1.07. The zero-order chi connectivity index (χ0) is 14.6. The highest BCUT2D eigenvalue weighted by molar-refractivity contribution is 7.93. The van der Waals surface area contributed by atoms with E-state index in [0.717, 1.165) is 23.4 Å². The quantitative estimate of drug-likeness (QED) is 0.870. The molecule has 4 nitrogen and oxygen atoms in total. The van der Waals surface area contributed by atoms with Crippen LogP contribution in [0.1, 0.15) is 25.0 Å². The predicted molar refractivity (Wildman–Crippen MR) is 81.2 cm³/mol. The summed E-state index contributed by atoms with van der Waals surface area (Å²) in [5.74, 6) is 0. The Morgan fingerprint density at radius 1 is 1.21 bits per heavy atom. The third-order valence-corrected chi connectivity index (χ3v) is 5.30. The molecule has 1 aromatic carbocycles. The van der Waals surface area contributed by atoms with Crippen molar-refractivity contribution < 1.29 is 8.42 Å². The summed E-state index contributed by atoms with van der Waals surface area (Å²) in [6, 6.07) is 5.82. The summed E-state index contributed by atoms with van der Waals surface area (Å²) in [4.78, 5) is 0. The molecule has 0 bridgehead atoms. The van der Waals surface area contributed by atoms with E-state index in [9.17, 15) is 8.42 Å². The topological polar surface area (TPSA) is 49.4 Å². The lowest BCUT2D eigenvalue weighted by molar-refractivity contribution is 0.572. The van der Waals surface area contributed by atoms with E-state index in [2.05, 4.69) is 5.32 Å². The monoisotopic (exact) mass is 284 g/mol. The maximum absolute atomic E-state index is 12.4. The fraction of sp³-hybridized carbons (Fsp3) is 0.571. The first-order valence-electron chi connectivity index (χ1n) is 6.55. The highest BCUT2D eigenvalue weighted by Gasteiger charge is 2.26. The number of benzene rings is 1. The van der Waals surface area contributed by atoms with Crippen molar-refractivity contribution in [1.29, 1.82) is 0 Å². The van der Waals surface area contributed by atoms with Gasteiger partial charge in [0, 0.05) is 13.6 Å². The minimum Gasteiger partial charge on any atom is -0.316 e. The summed E-state index contributed by atoms with van der Waals surface area (Å²) in [6.45, 7) is 8.88. The van der Waals surface area contributed by atoms with Crippen LogP contribution in [0.5, 0.6) is 0 Å². The first kappa shape index (κ1) is 16.0. The van der Waals surface area contributed by atoms with Gasteiger partial charge in [-0.2, -0.15) is 0 Å². The number of nitrogens with zero attached hydrogens (tertiary/aromatic N) is 1. The van der Waals surface area contributed by atoms with Crippen LogP contribution in [0.25, 0.3) is 0 Å². The zero-order valence-corrected chi connectivity index (χ0v) is 13.2. The van der Waals surface area contributed by atoms with E-state index in [0.29, 0.717) is 6.54 Å². The van der Waals surface area contributed by atoms with Crippen molar-refractivity contribution in [2.24, 2.45) is 0 Å². The van der Waals surface area contributed by atoms with E-state index >= 15 is 0 Å². The second-order valence-corrected chi connectivity index (χ2v) is 7.36. The maximum Gasteiger partial charge on any atom is 0.238 e. The molecule has 0 heterocycles. The van der Waals surface area contributed by atoms with E-state index in [-0.39, 0.29) is 0 Å². The lowest BCUT2D eigenvalue weighted by atomic mass is 10.1. The van der Waals surface area contributed by atoms with Crippen LogP contribution in [0.3, 0.4) is 0 Å². The fourth-order valence-electron chi connectivity index (χ4n) is 2.00. The highest BCUT2D eigenvalue weighted by Crippen LogP contribution is 2.21. The van der Waals surface area contributed by atoms with Gasteiger partial charge in [-0.05, 0) is 50.6 Å². The van der Waals surface area contributed by atoms with E-state index < -0.39 is 15.3 Å².